The third kappa shape index (κ3) is 5.37. The number of rotatable bonds is 6. The van der Waals surface area contributed by atoms with Crippen LogP contribution in [0.15, 0.2) is 42.5 Å². The van der Waals surface area contributed by atoms with Gasteiger partial charge in [-0.3, -0.25) is 4.79 Å². The lowest BCUT2D eigenvalue weighted by molar-refractivity contribution is -0.117. The average molecular weight is 389 g/mol. The van der Waals surface area contributed by atoms with Crippen LogP contribution in [0.3, 0.4) is 0 Å². The van der Waals surface area contributed by atoms with Gasteiger partial charge in [0, 0.05) is 11.4 Å². The largest absolute Gasteiger partial charge is 0.493 e. The molecule has 5 nitrogen and oxygen atoms in total. The molecule has 1 aliphatic rings. The van der Waals surface area contributed by atoms with Crippen LogP contribution in [0.25, 0.3) is 0 Å². The van der Waals surface area contributed by atoms with E-state index in [1.165, 1.54) is 0 Å². The predicted octanol–water partition coefficient (Wildman–Crippen LogP) is 4.81. The molecule has 3 rings (SSSR count). The van der Waals surface area contributed by atoms with Crippen molar-refractivity contribution in [1.82, 2.24) is 4.90 Å². The molecule has 1 aliphatic heterocycles. The number of carbonyl (C=O) groups excluding carboxylic acids is 1. The number of ether oxygens (including phenoxy) is 2. The van der Waals surface area contributed by atoms with Gasteiger partial charge in [-0.1, -0.05) is 23.7 Å². The second-order valence-corrected chi connectivity index (χ2v) is 7.33. The quantitative estimate of drug-likeness (QED) is 0.771. The molecular weight excluding hydrogens is 364 g/mol. The van der Waals surface area contributed by atoms with E-state index in [1.54, 1.807) is 25.3 Å². The first-order valence-electron chi connectivity index (χ1n) is 9.14. The number of methoxy groups -OCH3 is 1. The number of nitrogens with zero attached hydrogens (tertiary/aromatic N) is 1. The highest BCUT2D eigenvalue weighted by Gasteiger charge is 2.20. The predicted molar refractivity (Wildman–Crippen MR) is 108 cm³/mol. The van der Waals surface area contributed by atoms with Crippen LogP contribution in [-0.2, 0) is 4.79 Å². The summed E-state index contributed by atoms with van der Waals surface area (Å²) in [5, 5.41) is 3.50. The van der Waals surface area contributed by atoms with Crippen molar-refractivity contribution in [2.24, 2.45) is 5.92 Å². The standard InChI is InChI=1S/C21H25ClN2O3/c1-24-11-9-15(10-12-24)13-21(25)23-17-14-16(22)7-8-18(17)27-20-6-4-3-5-19(20)26-2/h3-8,14-15H,9-13H2,1-2H3,(H,23,25). The summed E-state index contributed by atoms with van der Waals surface area (Å²) in [7, 11) is 3.71. The second-order valence-electron chi connectivity index (χ2n) is 6.89. The van der Waals surface area contributed by atoms with Gasteiger partial charge in [-0.25, -0.2) is 0 Å². The fraction of sp³-hybridized carbons (Fsp3) is 0.381. The molecule has 0 atom stereocenters. The highest BCUT2D eigenvalue weighted by molar-refractivity contribution is 6.31. The lowest BCUT2D eigenvalue weighted by Crippen LogP contribution is -2.31. The van der Waals surface area contributed by atoms with Crippen LogP contribution in [0, 0.1) is 5.92 Å². The molecule has 1 saturated heterocycles. The lowest BCUT2D eigenvalue weighted by atomic mass is 9.93. The van der Waals surface area contributed by atoms with Crippen molar-refractivity contribution in [3.05, 3.63) is 47.5 Å². The number of carbonyl (C=O) groups is 1. The number of anilines is 1. The zero-order valence-corrected chi connectivity index (χ0v) is 16.5. The number of hydrogen-bond acceptors (Lipinski definition) is 4. The zero-order chi connectivity index (χ0) is 19.2. The summed E-state index contributed by atoms with van der Waals surface area (Å²) in [5.41, 5.74) is 0.561. The number of halogens is 1. The fourth-order valence-electron chi connectivity index (χ4n) is 3.24. The summed E-state index contributed by atoms with van der Waals surface area (Å²) in [6.45, 7) is 2.08. The molecular formula is C21H25ClN2O3. The van der Waals surface area contributed by atoms with E-state index < -0.39 is 0 Å². The Kier molecular flexibility index (Phi) is 6.58. The number of benzene rings is 2. The first-order valence-corrected chi connectivity index (χ1v) is 9.52. The number of likely N-dealkylation sites (tertiary alicyclic amines) is 1. The van der Waals surface area contributed by atoms with E-state index in [2.05, 4.69) is 17.3 Å². The summed E-state index contributed by atoms with van der Waals surface area (Å²) in [5.74, 6) is 2.13. The Balaban J connectivity index is 1.71. The van der Waals surface area contributed by atoms with Crippen LogP contribution in [0.5, 0.6) is 17.2 Å². The van der Waals surface area contributed by atoms with Gasteiger partial charge in [0.05, 0.1) is 12.8 Å². The molecule has 0 unspecified atom stereocenters. The molecule has 1 fully saturated rings. The van der Waals surface area contributed by atoms with Gasteiger partial charge in [0.15, 0.2) is 17.2 Å². The maximum Gasteiger partial charge on any atom is 0.224 e. The minimum Gasteiger partial charge on any atom is -0.493 e. The van der Waals surface area contributed by atoms with Crippen molar-refractivity contribution >= 4 is 23.2 Å². The lowest BCUT2D eigenvalue weighted by Gasteiger charge is -2.28. The number of amides is 1. The van der Waals surface area contributed by atoms with Crippen LogP contribution < -0.4 is 14.8 Å². The normalized spacial score (nSPS) is 15.4. The summed E-state index contributed by atoms with van der Waals surface area (Å²) < 4.78 is 11.3. The van der Waals surface area contributed by atoms with Gasteiger partial charge < -0.3 is 19.7 Å². The molecule has 1 N–H and O–H groups in total. The van der Waals surface area contributed by atoms with Gasteiger partial charge in [0.25, 0.3) is 0 Å². The molecule has 6 heteroatoms. The summed E-state index contributed by atoms with van der Waals surface area (Å²) in [4.78, 5) is 14.8. The number of hydrogen-bond donors (Lipinski definition) is 1. The third-order valence-corrected chi connectivity index (χ3v) is 5.05. The molecule has 1 amide bonds. The first-order chi connectivity index (χ1) is 13.0. The smallest absolute Gasteiger partial charge is 0.224 e. The highest BCUT2D eigenvalue weighted by atomic mass is 35.5. The molecule has 2 aromatic rings. The third-order valence-electron chi connectivity index (χ3n) is 4.82. The van der Waals surface area contributed by atoms with E-state index in [-0.39, 0.29) is 5.91 Å². The maximum atomic E-state index is 12.6. The monoisotopic (exact) mass is 388 g/mol. The van der Waals surface area contributed by atoms with E-state index in [4.69, 9.17) is 21.1 Å². The Morgan fingerprint density at radius 2 is 1.85 bits per heavy atom. The molecule has 0 aromatic heterocycles. The van der Waals surface area contributed by atoms with Crippen LogP contribution >= 0.6 is 11.6 Å². The van der Waals surface area contributed by atoms with Crippen LogP contribution in [0.4, 0.5) is 5.69 Å². The van der Waals surface area contributed by atoms with E-state index in [0.29, 0.717) is 40.3 Å². The molecule has 27 heavy (non-hydrogen) atoms. The molecule has 0 radical (unpaired) electrons. The fourth-order valence-corrected chi connectivity index (χ4v) is 3.41. The topological polar surface area (TPSA) is 50.8 Å². The second kappa shape index (κ2) is 9.11. The van der Waals surface area contributed by atoms with Crippen molar-refractivity contribution in [1.29, 1.82) is 0 Å². The van der Waals surface area contributed by atoms with Gasteiger partial charge in [0.1, 0.15) is 0 Å². The van der Waals surface area contributed by atoms with Crippen molar-refractivity contribution in [2.75, 3.05) is 32.6 Å². The SMILES string of the molecule is COc1ccccc1Oc1ccc(Cl)cc1NC(=O)CC1CCN(C)CC1. The van der Waals surface area contributed by atoms with E-state index in [9.17, 15) is 4.79 Å². The number of para-hydroxylation sites is 2. The summed E-state index contributed by atoms with van der Waals surface area (Å²) in [6, 6.07) is 12.6. The Bertz CT molecular complexity index is 789. The molecule has 0 spiro atoms. The molecule has 0 saturated carbocycles. The van der Waals surface area contributed by atoms with Crippen LogP contribution in [0.2, 0.25) is 5.02 Å². The number of piperidine rings is 1. The molecule has 2 aromatic carbocycles. The van der Waals surface area contributed by atoms with Crippen molar-refractivity contribution in [3.8, 4) is 17.2 Å². The van der Waals surface area contributed by atoms with Crippen LogP contribution in [0.1, 0.15) is 19.3 Å². The Morgan fingerprint density at radius 3 is 2.56 bits per heavy atom. The zero-order valence-electron chi connectivity index (χ0n) is 15.7. The van der Waals surface area contributed by atoms with E-state index in [0.717, 1.165) is 25.9 Å². The van der Waals surface area contributed by atoms with Gasteiger partial charge in [0.2, 0.25) is 5.91 Å². The maximum absolute atomic E-state index is 12.6. The summed E-state index contributed by atoms with van der Waals surface area (Å²) >= 11 is 6.13. The van der Waals surface area contributed by atoms with Crippen molar-refractivity contribution in [2.45, 2.75) is 19.3 Å². The van der Waals surface area contributed by atoms with Gasteiger partial charge >= 0.3 is 0 Å². The molecule has 144 valence electrons. The summed E-state index contributed by atoms with van der Waals surface area (Å²) in [6.07, 6.45) is 2.60. The van der Waals surface area contributed by atoms with Crippen molar-refractivity contribution < 1.29 is 14.3 Å². The molecule has 0 bridgehead atoms. The Hall–Kier alpha value is -2.24. The average Bonchev–Trinajstić information content (AvgIpc) is 2.66. The first kappa shape index (κ1) is 19.5. The van der Waals surface area contributed by atoms with Crippen molar-refractivity contribution in [3.63, 3.8) is 0 Å². The van der Waals surface area contributed by atoms with Crippen LogP contribution in [-0.4, -0.2) is 38.1 Å². The van der Waals surface area contributed by atoms with Gasteiger partial charge in [-0.15, -0.1) is 0 Å². The van der Waals surface area contributed by atoms with E-state index in [1.807, 2.05) is 24.3 Å². The van der Waals surface area contributed by atoms with E-state index >= 15 is 0 Å². The Morgan fingerprint density at radius 1 is 1.15 bits per heavy atom. The molecule has 0 aliphatic carbocycles. The number of nitrogens with one attached hydrogen (secondary N) is 1. The minimum atomic E-state index is -0.0169. The Labute approximate surface area is 165 Å². The highest BCUT2D eigenvalue weighted by Crippen LogP contribution is 2.36. The van der Waals surface area contributed by atoms with Gasteiger partial charge in [-0.05, 0) is 69.2 Å². The minimum absolute atomic E-state index is 0.0169. The molecule has 1 heterocycles. The van der Waals surface area contributed by atoms with Gasteiger partial charge in [-0.2, -0.15) is 0 Å².